The average Bonchev–Trinajstić information content (AvgIpc) is 2.14. The zero-order chi connectivity index (χ0) is 5.98. The van der Waals surface area contributed by atoms with E-state index in [2.05, 4.69) is 16.2 Å². The van der Waals surface area contributed by atoms with E-state index < -0.39 is 0 Å². The topological polar surface area (TPSA) is 36.1 Å². The average molecular weight is 186 g/mol. The third-order valence-corrected chi connectivity index (χ3v) is 2.09. The molecule has 0 aliphatic carbocycles. The molecule has 0 aromatic heterocycles. The molecule has 6 heteroatoms. The maximum Gasteiger partial charge on any atom is 0.150 e. The monoisotopic (exact) mass is 185 g/mol. The summed E-state index contributed by atoms with van der Waals surface area (Å²) < 4.78 is 0.796. The lowest BCUT2D eigenvalue weighted by Crippen LogP contribution is -2.38. The van der Waals surface area contributed by atoms with Crippen LogP contribution in [-0.4, -0.2) is 16.9 Å². The van der Waals surface area contributed by atoms with Crippen LogP contribution in [0.2, 0.25) is 0 Å². The highest BCUT2D eigenvalue weighted by atomic mass is 35.5. The van der Waals surface area contributed by atoms with Crippen LogP contribution in [0.4, 0.5) is 0 Å². The van der Waals surface area contributed by atoms with Crippen molar-refractivity contribution in [2.24, 2.45) is 0 Å². The highest BCUT2D eigenvalue weighted by Gasteiger charge is 2.15. The van der Waals surface area contributed by atoms with Crippen molar-refractivity contribution in [3.05, 3.63) is 0 Å². The first kappa shape index (κ1) is 9.45. The number of hydrogen-bond acceptors (Lipinski definition) is 4. The Morgan fingerprint density at radius 2 is 2.44 bits per heavy atom. The number of thioether (sulfide) groups is 1. The summed E-state index contributed by atoms with van der Waals surface area (Å²) in [5, 5.41) is 3.00. The van der Waals surface area contributed by atoms with E-state index in [4.69, 9.17) is 12.2 Å². The van der Waals surface area contributed by atoms with Crippen LogP contribution in [0.25, 0.3) is 0 Å². The van der Waals surface area contributed by atoms with Crippen molar-refractivity contribution < 1.29 is 0 Å². The minimum Gasteiger partial charge on any atom is -0.304 e. The summed E-state index contributed by atoms with van der Waals surface area (Å²) in [7, 11) is 1.88. The molecule has 3 nitrogen and oxygen atoms in total. The van der Waals surface area contributed by atoms with Gasteiger partial charge in [0.2, 0.25) is 0 Å². The highest BCUT2D eigenvalue weighted by molar-refractivity contribution is 8.23. The summed E-state index contributed by atoms with van der Waals surface area (Å²) in [5.41, 5.74) is 5.96. The van der Waals surface area contributed by atoms with Crippen LogP contribution in [0, 0.1) is 0 Å². The normalized spacial score (nSPS) is 25.0. The SMILES string of the molecule is CNC1NNC(=S)S1.Cl. The van der Waals surface area contributed by atoms with E-state index in [1.54, 1.807) is 11.8 Å². The van der Waals surface area contributed by atoms with Gasteiger partial charge in [-0.2, -0.15) is 0 Å². The standard InChI is InChI=1S/C3H7N3S2.ClH/c1-4-2-5-6-3(7)8-2;/h2,4-5H,1H3,(H,6,7);1H. The van der Waals surface area contributed by atoms with Crippen LogP contribution in [0.15, 0.2) is 0 Å². The van der Waals surface area contributed by atoms with E-state index >= 15 is 0 Å². The first-order chi connectivity index (χ1) is 3.83. The maximum atomic E-state index is 4.81. The number of rotatable bonds is 1. The summed E-state index contributed by atoms with van der Waals surface area (Å²) in [6, 6.07) is 0. The molecule has 1 saturated heterocycles. The lowest BCUT2D eigenvalue weighted by Gasteiger charge is -2.02. The Hall–Kier alpha value is 0.450. The number of nitrogens with one attached hydrogen (secondary N) is 3. The van der Waals surface area contributed by atoms with E-state index in [0.29, 0.717) is 0 Å². The Kier molecular flexibility index (Phi) is 4.51. The van der Waals surface area contributed by atoms with Crippen LogP contribution in [0.5, 0.6) is 0 Å². The quantitative estimate of drug-likeness (QED) is 0.503. The lowest BCUT2D eigenvalue weighted by atomic mass is 11.0. The summed E-state index contributed by atoms with van der Waals surface area (Å²) in [6.07, 6.45) is 0. The Labute approximate surface area is 69.7 Å². The van der Waals surface area contributed by atoms with Gasteiger partial charge >= 0.3 is 0 Å². The molecule has 1 aliphatic rings. The van der Waals surface area contributed by atoms with Gasteiger partial charge in [-0.05, 0) is 7.05 Å². The van der Waals surface area contributed by atoms with Crippen molar-refractivity contribution >= 4 is 40.7 Å². The minimum atomic E-state index is 0. The first-order valence-electron chi connectivity index (χ1n) is 2.22. The highest BCUT2D eigenvalue weighted by Crippen LogP contribution is 2.09. The van der Waals surface area contributed by atoms with Crippen molar-refractivity contribution in [2.45, 2.75) is 5.50 Å². The van der Waals surface area contributed by atoms with E-state index in [9.17, 15) is 0 Å². The number of hydrogen-bond donors (Lipinski definition) is 3. The number of thiocarbonyl (C=S) groups is 1. The molecular formula is C3H8ClN3S2. The molecule has 0 aromatic rings. The van der Waals surface area contributed by atoms with Crippen molar-refractivity contribution in [2.75, 3.05) is 7.05 Å². The van der Waals surface area contributed by atoms with Crippen molar-refractivity contribution in [1.29, 1.82) is 0 Å². The molecule has 1 fully saturated rings. The molecule has 1 heterocycles. The Balaban J connectivity index is 0.000000640. The third-order valence-electron chi connectivity index (χ3n) is 0.792. The van der Waals surface area contributed by atoms with Gasteiger partial charge < -0.3 is 5.43 Å². The molecule has 0 amide bonds. The summed E-state index contributed by atoms with van der Waals surface area (Å²) in [5.74, 6) is 0. The smallest absolute Gasteiger partial charge is 0.150 e. The summed E-state index contributed by atoms with van der Waals surface area (Å²) in [4.78, 5) is 0. The van der Waals surface area contributed by atoms with Gasteiger partial charge in [0, 0.05) is 0 Å². The van der Waals surface area contributed by atoms with Gasteiger partial charge in [0.05, 0.1) is 0 Å². The van der Waals surface area contributed by atoms with E-state index in [1.807, 2.05) is 7.05 Å². The van der Waals surface area contributed by atoms with E-state index in [0.717, 1.165) is 4.32 Å². The van der Waals surface area contributed by atoms with Crippen LogP contribution in [0.3, 0.4) is 0 Å². The van der Waals surface area contributed by atoms with Gasteiger partial charge in [0.1, 0.15) is 5.50 Å². The van der Waals surface area contributed by atoms with Gasteiger partial charge in [-0.15, -0.1) is 12.4 Å². The predicted octanol–water partition coefficient (Wildman–Crippen LogP) is 0.0371. The minimum absolute atomic E-state index is 0. The molecule has 1 unspecified atom stereocenters. The van der Waals surface area contributed by atoms with Crippen molar-refractivity contribution in [3.8, 4) is 0 Å². The second kappa shape index (κ2) is 4.29. The van der Waals surface area contributed by atoms with Crippen LogP contribution < -0.4 is 16.2 Å². The molecule has 9 heavy (non-hydrogen) atoms. The van der Waals surface area contributed by atoms with Crippen LogP contribution in [0.1, 0.15) is 0 Å². The molecule has 3 N–H and O–H groups in total. The first-order valence-corrected chi connectivity index (χ1v) is 3.51. The third kappa shape index (κ3) is 2.68. The van der Waals surface area contributed by atoms with Crippen LogP contribution >= 0.6 is 36.4 Å². The fourth-order valence-corrected chi connectivity index (χ4v) is 1.34. The second-order valence-electron chi connectivity index (χ2n) is 1.34. The fourth-order valence-electron chi connectivity index (χ4n) is 0.422. The Bertz CT molecular complexity index is 109. The largest absolute Gasteiger partial charge is 0.304 e. The molecule has 1 rings (SSSR count). The van der Waals surface area contributed by atoms with Gasteiger partial charge in [-0.3, -0.25) is 5.32 Å². The zero-order valence-corrected chi connectivity index (χ0v) is 7.25. The molecule has 0 radical (unpaired) electrons. The fraction of sp³-hybridized carbons (Fsp3) is 0.667. The maximum absolute atomic E-state index is 4.81. The Morgan fingerprint density at radius 1 is 1.78 bits per heavy atom. The molecular weight excluding hydrogens is 178 g/mol. The predicted molar refractivity (Wildman–Crippen MR) is 46.6 cm³/mol. The molecule has 54 valence electrons. The van der Waals surface area contributed by atoms with Gasteiger partial charge in [0.15, 0.2) is 4.32 Å². The van der Waals surface area contributed by atoms with Gasteiger partial charge in [0.25, 0.3) is 0 Å². The molecule has 0 aromatic carbocycles. The molecule has 0 spiro atoms. The zero-order valence-electron chi connectivity index (χ0n) is 4.80. The molecule has 0 bridgehead atoms. The van der Waals surface area contributed by atoms with Gasteiger partial charge in [-0.1, -0.05) is 24.0 Å². The molecule has 0 saturated carbocycles. The second-order valence-corrected chi connectivity index (χ2v) is 3.13. The molecule has 1 aliphatic heterocycles. The number of halogens is 1. The van der Waals surface area contributed by atoms with Crippen molar-refractivity contribution in [3.63, 3.8) is 0 Å². The van der Waals surface area contributed by atoms with Crippen molar-refractivity contribution in [1.82, 2.24) is 16.2 Å². The lowest BCUT2D eigenvalue weighted by molar-refractivity contribution is 0.583. The van der Waals surface area contributed by atoms with Crippen LogP contribution in [-0.2, 0) is 0 Å². The van der Waals surface area contributed by atoms with E-state index in [1.165, 1.54) is 0 Å². The summed E-state index contributed by atoms with van der Waals surface area (Å²) in [6.45, 7) is 0. The Morgan fingerprint density at radius 3 is 2.67 bits per heavy atom. The van der Waals surface area contributed by atoms with Gasteiger partial charge in [-0.25, -0.2) is 5.43 Å². The number of hydrazine groups is 1. The summed E-state index contributed by atoms with van der Waals surface area (Å²) >= 11 is 6.38. The van der Waals surface area contributed by atoms with E-state index in [-0.39, 0.29) is 17.9 Å². The molecule has 1 atom stereocenters.